The van der Waals surface area contributed by atoms with Crippen molar-refractivity contribution in [3.8, 4) is 11.1 Å². The second kappa shape index (κ2) is 5.14. The van der Waals surface area contributed by atoms with E-state index in [1.807, 2.05) is 12.1 Å². The Labute approximate surface area is 114 Å². The molecular formula is C17H20FN. The van der Waals surface area contributed by atoms with Gasteiger partial charge in [-0.15, -0.1) is 0 Å². The lowest BCUT2D eigenvalue weighted by Crippen LogP contribution is -2.01. The van der Waals surface area contributed by atoms with Gasteiger partial charge in [0, 0.05) is 12.1 Å². The van der Waals surface area contributed by atoms with Crippen molar-refractivity contribution in [2.24, 2.45) is 5.73 Å². The van der Waals surface area contributed by atoms with Crippen LogP contribution in [0, 0.1) is 33.5 Å². The fourth-order valence-electron chi connectivity index (χ4n) is 2.54. The summed E-state index contributed by atoms with van der Waals surface area (Å²) in [7, 11) is 0. The monoisotopic (exact) mass is 257 g/mol. The molecule has 0 aromatic heterocycles. The molecule has 2 rings (SSSR count). The maximum Gasteiger partial charge on any atom is 0.127 e. The highest BCUT2D eigenvalue weighted by molar-refractivity contribution is 5.73. The largest absolute Gasteiger partial charge is 0.326 e. The Morgan fingerprint density at radius 1 is 0.947 bits per heavy atom. The first kappa shape index (κ1) is 13.8. The van der Waals surface area contributed by atoms with Crippen molar-refractivity contribution >= 4 is 0 Å². The molecule has 19 heavy (non-hydrogen) atoms. The van der Waals surface area contributed by atoms with Crippen LogP contribution in [-0.2, 0) is 6.54 Å². The number of rotatable bonds is 2. The molecule has 0 unspecified atom stereocenters. The van der Waals surface area contributed by atoms with Gasteiger partial charge >= 0.3 is 0 Å². The number of hydrogen-bond acceptors (Lipinski definition) is 1. The molecule has 0 heterocycles. The number of aryl methyl sites for hydroxylation is 2. The van der Waals surface area contributed by atoms with Gasteiger partial charge in [-0.1, -0.05) is 12.1 Å². The summed E-state index contributed by atoms with van der Waals surface area (Å²) in [6, 6.07) is 7.40. The number of benzene rings is 2. The third-order valence-corrected chi connectivity index (χ3v) is 3.92. The Morgan fingerprint density at radius 3 is 2.05 bits per heavy atom. The van der Waals surface area contributed by atoms with E-state index in [0.717, 1.165) is 5.56 Å². The van der Waals surface area contributed by atoms with Crippen molar-refractivity contribution in [1.29, 1.82) is 0 Å². The van der Waals surface area contributed by atoms with Crippen LogP contribution in [0.15, 0.2) is 24.3 Å². The van der Waals surface area contributed by atoms with E-state index in [1.54, 1.807) is 0 Å². The molecule has 0 spiro atoms. The SMILES string of the molecule is Cc1cc(C)c(C)c(-c2ccc(F)c(CN)c2)c1C. The zero-order valence-electron chi connectivity index (χ0n) is 12.0. The number of halogens is 1. The molecule has 0 amide bonds. The highest BCUT2D eigenvalue weighted by Crippen LogP contribution is 2.32. The third-order valence-electron chi connectivity index (χ3n) is 3.92. The van der Waals surface area contributed by atoms with E-state index in [0.29, 0.717) is 5.56 Å². The minimum absolute atomic E-state index is 0.225. The molecule has 0 fully saturated rings. The lowest BCUT2D eigenvalue weighted by atomic mass is 9.89. The van der Waals surface area contributed by atoms with Crippen LogP contribution in [0.5, 0.6) is 0 Å². The summed E-state index contributed by atoms with van der Waals surface area (Å²) in [6.07, 6.45) is 0. The average Bonchev–Trinajstić information content (AvgIpc) is 2.38. The van der Waals surface area contributed by atoms with Crippen LogP contribution in [0.1, 0.15) is 27.8 Å². The van der Waals surface area contributed by atoms with Gasteiger partial charge in [-0.25, -0.2) is 4.39 Å². The van der Waals surface area contributed by atoms with Crippen LogP contribution in [-0.4, -0.2) is 0 Å². The molecule has 0 aliphatic carbocycles. The standard InChI is InChI=1S/C17H20FN/c1-10-7-11(2)13(4)17(12(10)3)14-5-6-16(18)15(8-14)9-19/h5-8H,9,19H2,1-4H3. The molecule has 2 aromatic carbocycles. The first-order chi connectivity index (χ1) is 8.95. The van der Waals surface area contributed by atoms with Gasteiger partial charge < -0.3 is 5.73 Å². The fraction of sp³-hybridized carbons (Fsp3) is 0.294. The van der Waals surface area contributed by atoms with Gasteiger partial charge in [-0.05, 0) is 73.2 Å². The molecule has 0 aliphatic rings. The van der Waals surface area contributed by atoms with E-state index >= 15 is 0 Å². The molecule has 2 N–H and O–H groups in total. The Balaban J connectivity index is 2.72. The summed E-state index contributed by atoms with van der Waals surface area (Å²) in [5.41, 5.74) is 13.4. The predicted molar refractivity (Wildman–Crippen MR) is 78.7 cm³/mol. The molecular weight excluding hydrogens is 237 g/mol. The molecule has 0 bridgehead atoms. The Hall–Kier alpha value is -1.67. The molecule has 0 atom stereocenters. The van der Waals surface area contributed by atoms with Gasteiger partial charge in [-0.3, -0.25) is 0 Å². The quantitative estimate of drug-likeness (QED) is 0.858. The van der Waals surface area contributed by atoms with E-state index in [4.69, 9.17) is 5.73 Å². The van der Waals surface area contributed by atoms with Gasteiger partial charge in [-0.2, -0.15) is 0 Å². The van der Waals surface area contributed by atoms with Crippen molar-refractivity contribution in [3.63, 3.8) is 0 Å². The maximum absolute atomic E-state index is 13.6. The summed E-state index contributed by atoms with van der Waals surface area (Å²) >= 11 is 0. The van der Waals surface area contributed by atoms with Crippen LogP contribution in [0.25, 0.3) is 11.1 Å². The predicted octanol–water partition coefficient (Wildman–Crippen LogP) is 4.19. The molecule has 2 heteroatoms. The summed E-state index contributed by atoms with van der Waals surface area (Å²) in [5.74, 6) is -0.231. The van der Waals surface area contributed by atoms with E-state index in [2.05, 4.69) is 33.8 Å². The average molecular weight is 257 g/mol. The second-order valence-electron chi connectivity index (χ2n) is 5.15. The molecule has 1 nitrogen and oxygen atoms in total. The molecule has 0 saturated carbocycles. The number of hydrogen-bond donors (Lipinski definition) is 1. The van der Waals surface area contributed by atoms with E-state index in [9.17, 15) is 4.39 Å². The Bertz CT molecular complexity index is 603. The first-order valence-electron chi connectivity index (χ1n) is 6.52. The van der Waals surface area contributed by atoms with Crippen molar-refractivity contribution in [2.75, 3.05) is 0 Å². The van der Waals surface area contributed by atoms with Crippen molar-refractivity contribution in [3.05, 3.63) is 57.9 Å². The van der Waals surface area contributed by atoms with Gasteiger partial charge in [0.2, 0.25) is 0 Å². The minimum Gasteiger partial charge on any atom is -0.326 e. The Kier molecular flexibility index (Phi) is 3.72. The smallest absolute Gasteiger partial charge is 0.127 e. The summed E-state index contributed by atoms with van der Waals surface area (Å²) < 4.78 is 13.6. The van der Waals surface area contributed by atoms with Crippen LogP contribution < -0.4 is 5.73 Å². The van der Waals surface area contributed by atoms with Crippen LogP contribution in [0.3, 0.4) is 0 Å². The summed E-state index contributed by atoms with van der Waals surface area (Å²) in [5, 5.41) is 0. The first-order valence-corrected chi connectivity index (χ1v) is 6.52. The van der Waals surface area contributed by atoms with Crippen molar-refractivity contribution in [2.45, 2.75) is 34.2 Å². The van der Waals surface area contributed by atoms with Crippen molar-refractivity contribution in [1.82, 2.24) is 0 Å². The zero-order chi connectivity index (χ0) is 14.2. The van der Waals surface area contributed by atoms with Gasteiger partial charge in [0.1, 0.15) is 5.82 Å². The molecule has 0 aliphatic heterocycles. The van der Waals surface area contributed by atoms with E-state index in [-0.39, 0.29) is 12.4 Å². The highest BCUT2D eigenvalue weighted by Gasteiger charge is 2.12. The second-order valence-corrected chi connectivity index (χ2v) is 5.15. The topological polar surface area (TPSA) is 26.0 Å². The van der Waals surface area contributed by atoms with Crippen LogP contribution >= 0.6 is 0 Å². The van der Waals surface area contributed by atoms with E-state index < -0.39 is 0 Å². The van der Waals surface area contributed by atoms with Crippen molar-refractivity contribution < 1.29 is 4.39 Å². The summed E-state index contributed by atoms with van der Waals surface area (Å²) in [6.45, 7) is 8.67. The normalized spacial score (nSPS) is 10.8. The van der Waals surface area contributed by atoms with Gasteiger partial charge in [0.25, 0.3) is 0 Å². The van der Waals surface area contributed by atoms with E-state index in [1.165, 1.54) is 33.9 Å². The summed E-state index contributed by atoms with van der Waals surface area (Å²) in [4.78, 5) is 0. The van der Waals surface area contributed by atoms with Gasteiger partial charge in [0.05, 0.1) is 0 Å². The Morgan fingerprint density at radius 2 is 1.53 bits per heavy atom. The lowest BCUT2D eigenvalue weighted by Gasteiger charge is -2.16. The number of nitrogens with two attached hydrogens (primary N) is 1. The molecule has 0 radical (unpaired) electrons. The fourth-order valence-corrected chi connectivity index (χ4v) is 2.54. The zero-order valence-corrected chi connectivity index (χ0v) is 12.0. The third kappa shape index (κ3) is 2.41. The minimum atomic E-state index is -0.231. The molecule has 0 saturated heterocycles. The van der Waals surface area contributed by atoms with Crippen LogP contribution in [0.2, 0.25) is 0 Å². The molecule has 100 valence electrons. The van der Waals surface area contributed by atoms with Crippen LogP contribution in [0.4, 0.5) is 4.39 Å². The highest BCUT2D eigenvalue weighted by atomic mass is 19.1. The maximum atomic E-state index is 13.6. The molecule has 2 aromatic rings. The lowest BCUT2D eigenvalue weighted by molar-refractivity contribution is 0.611. The van der Waals surface area contributed by atoms with Gasteiger partial charge in [0.15, 0.2) is 0 Å².